The highest BCUT2D eigenvalue weighted by atomic mass is 19.1. The van der Waals surface area contributed by atoms with Gasteiger partial charge in [-0.3, -0.25) is 4.79 Å². The van der Waals surface area contributed by atoms with E-state index < -0.39 is 17.7 Å². The summed E-state index contributed by atoms with van der Waals surface area (Å²) in [7, 11) is 0. The monoisotopic (exact) mass is 334 g/mol. The van der Waals surface area contributed by atoms with Gasteiger partial charge in [0, 0.05) is 17.3 Å². The number of nitrogens with one attached hydrogen (secondary N) is 2. The fourth-order valence-electron chi connectivity index (χ4n) is 1.88. The summed E-state index contributed by atoms with van der Waals surface area (Å²) in [5.74, 6) is -1.63. The summed E-state index contributed by atoms with van der Waals surface area (Å²) < 4.78 is 31.2. The second-order valence-corrected chi connectivity index (χ2v) is 4.94. The third-order valence-corrected chi connectivity index (χ3v) is 3.09. The lowest BCUT2D eigenvalue weighted by atomic mass is 10.1. The molecule has 2 aromatic carbocycles. The van der Waals surface area contributed by atoms with Gasteiger partial charge >= 0.3 is 6.03 Å². The number of ketones is 1. The number of rotatable bonds is 6. The first-order chi connectivity index (χ1) is 11.5. The zero-order valence-corrected chi connectivity index (χ0v) is 12.9. The summed E-state index contributed by atoms with van der Waals surface area (Å²) in [4.78, 5) is 22.8. The van der Waals surface area contributed by atoms with E-state index in [-0.39, 0.29) is 24.7 Å². The van der Waals surface area contributed by atoms with Gasteiger partial charge in [0.2, 0.25) is 0 Å². The minimum absolute atomic E-state index is 0.0270. The molecule has 0 aliphatic rings. The van der Waals surface area contributed by atoms with Gasteiger partial charge in [0.1, 0.15) is 12.4 Å². The highest BCUT2D eigenvalue weighted by Gasteiger charge is 2.06. The maximum atomic E-state index is 13.3. The lowest BCUT2D eigenvalue weighted by Crippen LogP contribution is -2.32. The van der Waals surface area contributed by atoms with E-state index in [1.54, 1.807) is 24.3 Å². The van der Waals surface area contributed by atoms with Crippen LogP contribution in [-0.4, -0.2) is 25.0 Å². The Morgan fingerprint density at radius 1 is 1.08 bits per heavy atom. The molecule has 0 saturated carbocycles. The summed E-state index contributed by atoms with van der Waals surface area (Å²) >= 11 is 0. The van der Waals surface area contributed by atoms with Crippen molar-refractivity contribution < 1.29 is 23.1 Å². The zero-order chi connectivity index (χ0) is 17.5. The van der Waals surface area contributed by atoms with Gasteiger partial charge in [0.15, 0.2) is 17.3 Å². The molecule has 0 heterocycles. The van der Waals surface area contributed by atoms with Crippen LogP contribution in [0.3, 0.4) is 0 Å². The van der Waals surface area contributed by atoms with Gasteiger partial charge in [-0.15, -0.1) is 0 Å². The van der Waals surface area contributed by atoms with E-state index in [2.05, 4.69) is 10.6 Å². The number of carbonyl (C=O) groups excluding carboxylic acids is 2. The number of anilines is 1. The molecule has 0 spiro atoms. The van der Waals surface area contributed by atoms with Gasteiger partial charge in [-0.25, -0.2) is 13.6 Å². The molecule has 0 aliphatic carbocycles. The summed E-state index contributed by atoms with van der Waals surface area (Å²) in [6, 6.07) is 8.97. The Morgan fingerprint density at radius 3 is 2.42 bits per heavy atom. The number of amides is 2. The summed E-state index contributed by atoms with van der Waals surface area (Å²) in [6.07, 6.45) is 0. The SMILES string of the molecule is CC(=O)c1ccc(NC(=O)NCCOc2ccc(F)cc2F)cc1. The predicted octanol–water partition coefficient (Wildman–Crippen LogP) is 3.37. The van der Waals surface area contributed by atoms with Gasteiger partial charge in [-0.05, 0) is 43.3 Å². The molecular weight excluding hydrogens is 318 g/mol. The van der Waals surface area contributed by atoms with Crippen LogP contribution in [0.15, 0.2) is 42.5 Å². The van der Waals surface area contributed by atoms with Gasteiger partial charge in [0.05, 0.1) is 6.54 Å². The van der Waals surface area contributed by atoms with Crippen LogP contribution >= 0.6 is 0 Å². The van der Waals surface area contributed by atoms with Gasteiger partial charge in [0.25, 0.3) is 0 Å². The fraction of sp³-hybridized carbons (Fsp3) is 0.176. The third kappa shape index (κ3) is 5.05. The third-order valence-electron chi connectivity index (χ3n) is 3.09. The first-order valence-corrected chi connectivity index (χ1v) is 7.19. The van der Waals surface area contributed by atoms with Crippen LogP contribution in [0.25, 0.3) is 0 Å². The fourth-order valence-corrected chi connectivity index (χ4v) is 1.88. The smallest absolute Gasteiger partial charge is 0.319 e. The molecule has 2 rings (SSSR count). The van der Waals surface area contributed by atoms with E-state index in [0.717, 1.165) is 12.1 Å². The Labute approximate surface area is 137 Å². The number of hydrogen-bond acceptors (Lipinski definition) is 3. The molecule has 0 aliphatic heterocycles. The molecular formula is C17H16F2N2O3. The number of Topliss-reactive ketones (excluding diaryl/α,β-unsaturated/α-hetero) is 1. The minimum Gasteiger partial charge on any atom is -0.489 e. The summed E-state index contributed by atoms with van der Waals surface area (Å²) in [5.41, 5.74) is 1.08. The van der Waals surface area contributed by atoms with E-state index >= 15 is 0 Å². The molecule has 0 aromatic heterocycles. The number of urea groups is 1. The molecule has 7 heteroatoms. The second kappa shape index (κ2) is 8.05. The average molecular weight is 334 g/mol. The number of benzene rings is 2. The molecule has 0 fully saturated rings. The average Bonchev–Trinajstić information content (AvgIpc) is 2.53. The number of carbonyl (C=O) groups is 2. The Bertz CT molecular complexity index is 733. The number of halogens is 2. The Hall–Kier alpha value is -2.96. The quantitative estimate of drug-likeness (QED) is 0.629. The maximum absolute atomic E-state index is 13.3. The highest BCUT2D eigenvalue weighted by molar-refractivity contribution is 5.95. The van der Waals surface area contributed by atoms with Crippen molar-refractivity contribution >= 4 is 17.5 Å². The van der Waals surface area contributed by atoms with Crippen LogP contribution in [0, 0.1) is 11.6 Å². The van der Waals surface area contributed by atoms with Crippen molar-refractivity contribution in [1.29, 1.82) is 0 Å². The van der Waals surface area contributed by atoms with Crippen molar-refractivity contribution in [3.63, 3.8) is 0 Å². The molecule has 5 nitrogen and oxygen atoms in total. The molecule has 2 N–H and O–H groups in total. The lowest BCUT2D eigenvalue weighted by Gasteiger charge is -2.10. The van der Waals surface area contributed by atoms with Gasteiger partial charge in [-0.2, -0.15) is 0 Å². The van der Waals surface area contributed by atoms with Crippen molar-refractivity contribution in [3.8, 4) is 5.75 Å². The summed E-state index contributed by atoms with van der Waals surface area (Å²) in [5, 5.41) is 5.12. The lowest BCUT2D eigenvalue weighted by molar-refractivity contribution is 0.101. The Balaban J connectivity index is 1.74. The summed E-state index contributed by atoms with van der Waals surface area (Å²) in [6.45, 7) is 1.62. The van der Waals surface area contributed by atoms with Gasteiger partial charge in [-0.1, -0.05) is 0 Å². The zero-order valence-electron chi connectivity index (χ0n) is 12.9. The normalized spacial score (nSPS) is 10.1. The Kier molecular flexibility index (Phi) is 5.83. The van der Waals surface area contributed by atoms with Crippen LogP contribution < -0.4 is 15.4 Å². The first-order valence-electron chi connectivity index (χ1n) is 7.19. The second-order valence-electron chi connectivity index (χ2n) is 4.94. The Morgan fingerprint density at radius 2 is 1.79 bits per heavy atom. The minimum atomic E-state index is -0.801. The van der Waals surface area contributed by atoms with E-state index in [0.29, 0.717) is 11.3 Å². The van der Waals surface area contributed by atoms with Crippen molar-refractivity contribution in [2.75, 3.05) is 18.5 Å². The maximum Gasteiger partial charge on any atom is 0.319 e. The van der Waals surface area contributed by atoms with E-state index in [4.69, 9.17) is 4.74 Å². The number of hydrogen-bond donors (Lipinski definition) is 2. The molecule has 0 saturated heterocycles. The number of ether oxygens (including phenoxy) is 1. The van der Waals surface area contributed by atoms with Gasteiger partial charge < -0.3 is 15.4 Å². The molecule has 0 bridgehead atoms. The van der Waals surface area contributed by atoms with Crippen molar-refractivity contribution in [2.45, 2.75) is 6.92 Å². The van der Waals surface area contributed by atoms with E-state index in [1.165, 1.54) is 13.0 Å². The van der Waals surface area contributed by atoms with E-state index in [1.807, 2.05) is 0 Å². The molecule has 0 unspecified atom stereocenters. The molecule has 126 valence electrons. The van der Waals surface area contributed by atoms with Crippen molar-refractivity contribution in [3.05, 3.63) is 59.7 Å². The highest BCUT2D eigenvalue weighted by Crippen LogP contribution is 2.17. The van der Waals surface area contributed by atoms with E-state index in [9.17, 15) is 18.4 Å². The predicted molar refractivity (Wildman–Crippen MR) is 85.3 cm³/mol. The first kappa shape index (κ1) is 17.4. The molecule has 0 radical (unpaired) electrons. The molecule has 0 atom stereocenters. The van der Waals surface area contributed by atoms with Crippen molar-refractivity contribution in [2.24, 2.45) is 0 Å². The molecule has 24 heavy (non-hydrogen) atoms. The van der Waals surface area contributed by atoms with Crippen LogP contribution in [0.2, 0.25) is 0 Å². The standard InChI is InChI=1S/C17H16F2N2O3/c1-11(22)12-2-5-14(6-3-12)21-17(23)20-8-9-24-16-7-4-13(18)10-15(16)19/h2-7,10H,8-9H2,1H3,(H2,20,21,23). The van der Waals surface area contributed by atoms with Crippen LogP contribution in [0.1, 0.15) is 17.3 Å². The van der Waals surface area contributed by atoms with Crippen molar-refractivity contribution in [1.82, 2.24) is 5.32 Å². The van der Waals surface area contributed by atoms with Crippen LogP contribution in [0.4, 0.5) is 19.3 Å². The molecule has 2 amide bonds. The van der Waals surface area contributed by atoms with Crippen LogP contribution in [0.5, 0.6) is 5.75 Å². The topological polar surface area (TPSA) is 67.4 Å². The molecule has 2 aromatic rings. The largest absolute Gasteiger partial charge is 0.489 e. The van der Waals surface area contributed by atoms with Crippen LogP contribution in [-0.2, 0) is 0 Å².